The maximum absolute atomic E-state index is 13.7. The molecule has 1 aromatic carbocycles. The third-order valence-electron chi connectivity index (χ3n) is 3.56. The van der Waals surface area contributed by atoms with Crippen molar-refractivity contribution in [3.8, 4) is 5.75 Å². The first-order chi connectivity index (χ1) is 8.97. The number of nitrogens with zero attached hydrogens (tertiary/aromatic N) is 1. The van der Waals surface area contributed by atoms with Gasteiger partial charge < -0.3 is 15.3 Å². The Morgan fingerprint density at radius 2 is 2.26 bits per heavy atom. The summed E-state index contributed by atoms with van der Waals surface area (Å²) < 4.78 is 13.7. The lowest BCUT2D eigenvalue weighted by Gasteiger charge is -2.32. The SMILES string of the molecule is CC(NC1CCC(=O)N(C)C1)c1ccc(O)cc1F. The summed E-state index contributed by atoms with van der Waals surface area (Å²) in [6, 6.07) is 4.19. The van der Waals surface area contributed by atoms with Gasteiger partial charge in [-0.3, -0.25) is 4.79 Å². The molecule has 2 unspecified atom stereocenters. The molecule has 0 aromatic heterocycles. The first-order valence-electron chi connectivity index (χ1n) is 6.46. The zero-order valence-electron chi connectivity index (χ0n) is 11.2. The van der Waals surface area contributed by atoms with Gasteiger partial charge >= 0.3 is 0 Å². The Kier molecular flexibility index (Phi) is 4.04. The van der Waals surface area contributed by atoms with Crippen LogP contribution in [0.5, 0.6) is 5.75 Å². The molecular formula is C14H19FN2O2. The molecule has 1 aliphatic rings. The summed E-state index contributed by atoms with van der Waals surface area (Å²) in [5, 5.41) is 12.5. The smallest absolute Gasteiger partial charge is 0.222 e. The highest BCUT2D eigenvalue weighted by molar-refractivity contribution is 5.76. The summed E-state index contributed by atoms with van der Waals surface area (Å²) in [4.78, 5) is 13.1. The van der Waals surface area contributed by atoms with Crippen LogP contribution in [0.4, 0.5) is 4.39 Å². The van der Waals surface area contributed by atoms with Crippen molar-refractivity contribution < 1.29 is 14.3 Å². The Morgan fingerprint density at radius 3 is 2.89 bits per heavy atom. The summed E-state index contributed by atoms with van der Waals surface area (Å²) in [5.74, 6) is -0.335. The van der Waals surface area contributed by atoms with Crippen molar-refractivity contribution in [3.63, 3.8) is 0 Å². The van der Waals surface area contributed by atoms with Gasteiger partial charge in [0.1, 0.15) is 11.6 Å². The molecular weight excluding hydrogens is 247 g/mol. The van der Waals surface area contributed by atoms with Gasteiger partial charge in [0, 0.05) is 43.7 Å². The van der Waals surface area contributed by atoms with E-state index >= 15 is 0 Å². The lowest BCUT2D eigenvalue weighted by Crippen LogP contribution is -2.47. The van der Waals surface area contributed by atoms with Crippen molar-refractivity contribution in [3.05, 3.63) is 29.6 Å². The van der Waals surface area contributed by atoms with E-state index in [0.29, 0.717) is 18.5 Å². The Bertz CT molecular complexity index is 479. The number of likely N-dealkylation sites (tertiary alicyclic amines) is 1. The second kappa shape index (κ2) is 5.57. The van der Waals surface area contributed by atoms with E-state index in [-0.39, 0.29) is 23.7 Å². The minimum atomic E-state index is -0.416. The van der Waals surface area contributed by atoms with Gasteiger partial charge in [-0.1, -0.05) is 6.07 Å². The van der Waals surface area contributed by atoms with E-state index < -0.39 is 5.82 Å². The van der Waals surface area contributed by atoms with Crippen LogP contribution >= 0.6 is 0 Å². The van der Waals surface area contributed by atoms with E-state index in [2.05, 4.69) is 5.32 Å². The topological polar surface area (TPSA) is 52.6 Å². The average molecular weight is 266 g/mol. The van der Waals surface area contributed by atoms with Gasteiger partial charge in [-0.2, -0.15) is 0 Å². The molecule has 19 heavy (non-hydrogen) atoms. The molecule has 4 nitrogen and oxygen atoms in total. The highest BCUT2D eigenvalue weighted by atomic mass is 19.1. The fraction of sp³-hybridized carbons (Fsp3) is 0.500. The molecule has 1 heterocycles. The second-order valence-electron chi connectivity index (χ2n) is 5.10. The lowest BCUT2D eigenvalue weighted by molar-refractivity contribution is -0.132. The first kappa shape index (κ1) is 13.8. The first-order valence-corrected chi connectivity index (χ1v) is 6.46. The number of piperidine rings is 1. The van der Waals surface area contributed by atoms with Gasteiger partial charge in [0.25, 0.3) is 0 Å². The molecule has 0 spiro atoms. The van der Waals surface area contributed by atoms with Crippen LogP contribution in [0.2, 0.25) is 0 Å². The lowest BCUT2D eigenvalue weighted by atomic mass is 10.0. The van der Waals surface area contributed by atoms with Crippen molar-refractivity contribution in [1.82, 2.24) is 10.2 Å². The number of hydrogen-bond donors (Lipinski definition) is 2. The third-order valence-corrected chi connectivity index (χ3v) is 3.56. The van der Waals surface area contributed by atoms with Crippen molar-refractivity contribution in [2.24, 2.45) is 0 Å². The molecule has 0 aliphatic carbocycles. The number of aromatic hydroxyl groups is 1. The number of halogens is 1. The molecule has 5 heteroatoms. The monoisotopic (exact) mass is 266 g/mol. The second-order valence-corrected chi connectivity index (χ2v) is 5.10. The molecule has 2 N–H and O–H groups in total. The number of carbonyl (C=O) groups excluding carboxylic acids is 1. The Balaban J connectivity index is 2.01. The van der Waals surface area contributed by atoms with Gasteiger partial charge in [0.2, 0.25) is 5.91 Å². The Morgan fingerprint density at radius 1 is 1.53 bits per heavy atom. The summed E-state index contributed by atoms with van der Waals surface area (Å²) >= 11 is 0. The van der Waals surface area contributed by atoms with Crippen LogP contribution in [-0.2, 0) is 4.79 Å². The van der Waals surface area contributed by atoms with Crippen LogP contribution in [0.15, 0.2) is 18.2 Å². The maximum atomic E-state index is 13.7. The molecule has 104 valence electrons. The molecule has 1 aliphatic heterocycles. The van der Waals surface area contributed by atoms with Crippen molar-refractivity contribution in [2.75, 3.05) is 13.6 Å². The number of carbonyl (C=O) groups is 1. The molecule has 1 saturated heterocycles. The van der Waals surface area contributed by atoms with E-state index in [1.165, 1.54) is 6.07 Å². The molecule has 2 rings (SSSR count). The minimum Gasteiger partial charge on any atom is -0.508 e. The summed E-state index contributed by atoms with van der Waals surface area (Å²) in [6.07, 6.45) is 1.30. The number of rotatable bonds is 3. The molecule has 0 bridgehead atoms. The highest BCUT2D eigenvalue weighted by Gasteiger charge is 2.24. The Labute approximate surface area is 112 Å². The average Bonchev–Trinajstić information content (AvgIpc) is 2.33. The number of amides is 1. The maximum Gasteiger partial charge on any atom is 0.222 e. The van der Waals surface area contributed by atoms with Crippen molar-refractivity contribution >= 4 is 5.91 Å². The predicted octanol–water partition coefficient (Wildman–Crippen LogP) is 1.80. The number of phenolic OH excluding ortho intramolecular Hbond substituents is 1. The third kappa shape index (κ3) is 3.23. The number of phenols is 1. The van der Waals surface area contributed by atoms with Gasteiger partial charge in [-0.15, -0.1) is 0 Å². The highest BCUT2D eigenvalue weighted by Crippen LogP contribution is 2.22. The van der Waals surface area contributed by atoms with E-state index in [0.717, 1.165) is 12.5 Å². The summed E-state index contributed by atoms with van der Waals surface area (Å²) in [7, 11) is 1.78. The molecule has 1 amide bonds. The van der Waals surface area contributed by atoms with Crippen LogP contribution < -0.4 is 5.32 Å². The standard InChI is InChI=1S/C14H19FN2O2/c1-9(12-5-4-11(18)7-13(12)15)16-10-3-6-14(19)17(2)8-10/h4-5,7,9-10,16,18H,3,6,8H2,1-2H3. The molecule has 2 atom stereocenters. The van der Waals surface area contributed by atoms with Crippen molar-refractivity contribution in [1.29, 1.82) is 0 Å². The van der Waals surface area contributed by atoms with Crippen molar-refractivity contribution in [2.45, 2.75) is 31.8 Å². The van der Waals surface area contributed by atoms with E-state index in [4.69, 9.17) is 0 Å². The van der Waals surface area contributed by atoms with Crippen LogP contribution in [-0.4, -0.2) is 35.5 Å². The molecule has 0 radical (unpaired) electrons. The largest absolute Gasteiger partial charge is 0.508 e. The van der Waals surface area contributed by atoms with E-state index in [9.17, 15) is 14.3 Å². The van der Waals surface area contributed by atoms with Crippen LogP contribution in [0.25, 0.3) is 0 Å². The normalized spacial score (nSPS) is 21.5. The number of benzene rings is 1. The summed E-state index contributed by atoms with van der Waals surface area (Å²) in [6.45, 7) is 2.52. The Hall–Kier alpha value is -1.62. The number of hydrogen-bond acceptors (Lipinski definition) is 3. The van der Waals surface area contributed by atoms with Gasteiger partial charge in [-0.25, -0.2) is 4.39 Å². The molecule has 1 fully saturated rings. The van der Waals surface area contributed by atoms with Crippen LogP contribution in [0.1, 0.15) is 31.4 Å². The van der Waals surface area contributed by atoms with Gasteiger partial charge in [0.05, 0.1) is 0 Å². The number of nitrogens with one attached hydrogen (secondary N) is 1. The van der Waals surface area contributed by atoms with Crippen LogP contribution in [0, 0.1) is 5.82 Å². The zero-order chi connectivity index (χ0) is 14.0. The van der Waals surface area contributed by atoms with Crippen LogP contribution in [0.3, 0.4) is 0 Å². The van der Waals surface area contributed by atoms with E-state index in [1.54, 1.807) is 18.0 Å². The fourth-order valence-electron chi connectivity index (χ4n) is 2.46. The van der Waals surface area contributed by atoms with E-state index in [1.807, 2.05) is 6.92 Å². The van der Waals surface area contributed by atoms with Gasteiger partial charge in [-0.05, 0) is 19.4 Å². The minimum absolute atomic E-state index is 0.0727. The molecule has 0 saturated carbocycles. The fourth-order valence-corrected chi connectivity index (χ4v) is 2.46. The zero-order valence-corrected chi connectivity index (χ0v) is 11.2. The van der Waals surface area contributed by atoms with Gasteiger partial charge in [0.15, 0.2) is 0 Å². The quantitative estimate of drug-likeness (QED) is 0.877. The summed E-state index contributed by atoms with van der Waals surface area (Å²) in [5.41, 5.74) is 0.525. The molecule has 1 aromatic rings. The predicted molar refractivity (Wildman–Crippen MR) is 70.3 cm³/mol. The number of likely N-dealkylation sites (N-methyl/N-ethyl adjacent to an activating group) is 1.